The van der Waals surface area contributed by atoms with Crippen LogP contribution in [0.25, 0.3) is 0 Å². The molecule has 0 N–H and O–H groups in total. The second kappa shape index (κ2) is 13.6. The third-order valence-electron chi connectivity index (χ3n) is 11.5. The zero-order valence-corrected chi connectivity index (χ0v) is 30.6. The van der Waals surface area contributed by atoms with Crippen LogP contribution in [0.5, 0.6) is 0 Å². The SMILES string of the molecule is C(#C[Si](c1ccccc1)(c1ccccc1)c1ccccc1)C12CCC(C#C[Si](c3ccccc3)(c3ccccc3)c3ccccc3)(CC1)CC2. The lowest BCUT2D eigenvalue weighted by molar-refractivity contribution is 0.0719. The number of rotatable bonds is 6. The van der Waals surface area contributed by atoms with Crippen LogP contribution >= 0.6 is 0 Å². The molecule has 0 heterocycles. The van der Waals surface area contributed by atoms with Crippen molar-refractivity contribution in [1.29, 1.82) is 0 Å². The lowest BCUT2D eigenvalue weighted by atomic mass is 9.54. The monoisotopic (exact) mass is 674 g/mol. The Morgan fingerprint density at radius 3 is 0.640 bits per heavy atom. The smallest absolute Gasteiger partial charge is 0.114 e. The van der Waals surface area contributed by atoms with Crippen molar-refractivity contribution in [2.24, 2.45) is 10.8 Å². The normalized spacial score (nSPS) is 19.8. The number of benzene rings is 6. The van der Waals surface area contributed by atoms with Crippen molar-refractivity contribution >= 4 is 47.3 Å². The molecule has 0 saturated heterocycles. The first kappa shape index (κ1) is 32.1. The lowest BCUT2D eigenvalue weighted by Gasteiger charge is -2.49. The zero-order valence-electron chi connectivity index (χ0n) is 28.6. The minimum atomic E-state index is -2.61. The molecule has 2 heteroatoms. The van der Waals surface area contributed by atoms with Gasteiger partial charge in [-0.15, -0.1) is 22.9 Å². The highest BCUT2D eigenvalue weighted by Crippen LogP contribution is 2.56. The van der Waals surface area contributed by atoms with Crippen molar-refractivity contribution in [1.82, 2.24) is 0 Å². The highest BCUT2D eigenvalue weighted by atomic mass is 28.3. The maximum atomic E-state index is 4.16. The molecule has 0 aromatic heterocycles. The average molecular weight is 675 g/mol. The molecule has 3 aliphatic rings. The Bertz CT molecular complexity index is 1780. The highest BCUT2D eigenvalue weighted by Gasteiger charge is 2.49. The van der Waals surface area contributed by atoms with E-state index in [1.165, 1.54) is 31.1 Å². The topological polar surface area (TPSA) is 0 Å². The van der Waals surface area contributed by atoms with E-state index in [0.29, 0.717) is 0 Å². The van der Waals surface area contributed by atoms with Crippen LogP contribution in [-0.2, 0) is 0 Å². The molecule has 0 aliphatic heterocycles. The number of hydrogen-bond donors (Lipinski definition) is 0. The Kier molecular flexibility index (Phi) is 8.76. The minimum absolute atomic E-state index is 0.0484. The summed E-state index contributed by atoms with van der Waals surface area (Å²) in [5, 5.41) is 8.15. The molecule has 0 nitrogen and oxygen atoms in total. The van der Waals surface area contributed by atoms with E-state index in [9.17, 15) is 0 Å². The van der Waals surface area contributed by atoms with E-state index >= 15 is 0 Å². The lowest BCUT2D eigenvalue weighted by Crippen LogP contribution is -2.66. The summed E-state index contributed by atoms with van der Waals surface area (Å²) < 4.78 is 0. The predicted molar refractivity (Wildman–Crippen MR) is 216 cm³/mol. The molecular weight excluding hydrogens is 633 g/mol. The van der Waals surface area contributed by atoms with Crippen molar-refractivity contribution in [3.63, 3.8) is 0 Å². The molecule has 0 unspecified atom stereocenters. The Labute approximate surface area is 300 Å². The molecule has 3 saturated carbocycles. The minimum Gasteiger partial charge on any atom is -0.114 e. The third kappa shape index (κ3) is 5.80. The van der Waals surface area contributed by atoms with Crippen LogP contribution in [0.15, 0.2) is 182 Å². The van der Waals surface area contributed by atoms with Crippen LogP contribution in [0.3, 0.4) is 0 Å². The molecule has 6 aromatic rings. The van der Waals surface area contributed by atoms with Gasteiger partial charge in [0.05, 0.1) is 0 Å². The third-order valence-corrected chi connectivity index (χ3v) is 19.7. The fourth-order valence-electron chi connectivity index (χ4n) is 8.58. The van der Waals surface area contributed by atoms with Gasteiger partial charge in [-0.25, -0.2) is 0 Å². The highest BCUT2D eigenvalue weighted by molar-refractivity contribution is 7.17. The Morgan fingerprint density at radius 1 is 0.280 bits per heavy atom. The molecule has 242 valence electrons. The van der Waals surface area contributed by atoms with Crippen molar-refractivity contribution in [3.05, 3.63) is 182 Å². The van der Waals surface area contributed by atoms with Crippen LogP contribution in [0.4, 0.5) is 0 Å². The van der Waals surface area contributed by atoms with Gasteiger partial charge in [0, 0.05) is 10.8 Å². The van der Waals surface area contributed by atoms with Gasteiger partial charge in [-0.05, 0) is 69.6 Å². The summed E-state index contributed by atoms with van der Waals surface area (Å²) >= 11 is 0. The van der Waals surface area contributed by atoms with Crippen molar-refractivity contribution in [3.8, 4) is 22.9 Å². The standard InChI is InChI=1S/C48H42Si2/c1-7-19-41(20-8-1)49(42-21-9-2-10-22-42,43-23-11-3-12-24-43)39-37-47-31-34-48(35-32-47,36-33-47)38-40-50(44-25-13-4-14-26-44,45-27-15-5-16-28-45)46-29-17-6-18-30-46/h1-30H,31-36H2. The quantitative estimate of drug-likeness (QED) is 0.104. The number of hydrogen-bond acceptors (Lipinski definition) is 0. The Balaban J connectivity index is 1.19. The van der Waals surface area contributed by atoms with Crippen LogP contribution in [-0.4, -0.2) is 16.1 Å². The first-order chi connectivity index (χ1) is 24.7. The fourth-order valence-corrected chi connectivity index (χ4v) is 16.5. The van der Waals surface area contributed by atoms with Crippen molar-refractivity contribution in [2.75, 3.05) is 0 Å². The van der Waals surface area contributed by atoms with Crippen molar-refractivity contribution in [2.45, 2.75) is 38.5 Å². The molecule has 6 aromatic carbocycles. The largest absolute Gasteiger partial charge is 0.229 e. The van der Waals surface area contributed by atoms with E-state index in [-0.39, 0.29) is 10.8 Å². The maximum Gasteiger partial charge on any atom is 0.229 e. The first-order valence-corrected chi connectivity index (χ1v) is 22.1. The summed E-state index contributed by atoms with van der Waals surface area (Å²) in [6.07, 6.45) is 6.71. The van der Waals surface area contributed by atoms with Gasteiger partial charge in [0.15, 0.2) is 0 Å². The van der Waals surface area contributed by atoms with E-state index in [4.69, 9.17) is 0 Å². The van der Waals surface area contributed by atoms with E-state index in [2.05, 4.69) is 205 Å². The predicted octanol–water partition coefficient (Wildman–Crippen LogP) is 6.75. The molecule has 3 aliphatic carbocycles. The summed E-state index contributed by atoms with van der Waals surface area (Å²) in [7, 11) is -5.22. The maximum absolute atomic E-state index is 4.16. The van der Waals surface area contributed by atoms with Gasteiger partial charge in [-0.2, -0.15) is 0 Å². The van der Waals surface area contributed by atoms with Crippen molar-refractivity contribution < 1.29 is 0 Å². The van der Waals surface area contributed by atoms with Crippen LogP contribution in [0, 0.1) is 33.8 Å². The molecule has 50 heavy (non-hydrogen) atoms. The summed E-state index contributed by atoms with van der Waals surface area (Å²) in [5.41, 5.74) is 8.42. The van der Waals surface area contributed by atoms with Crippen LogP contribution < -0.4 is 31.1 Å². The first-order valence-electron chi connectivity index (χ1n) is 18.1. The Hall–Kier alpha value is -5.13. The van der Waals surface area contributed by atoms with Gasteiger partial charge < -0.3 is 0 Å². The van der Waals surface area contributed by atoms with Crippen LogP contribution in [0.2, 0.25) is 0 Å². The number of fused-ring (bicyclic) bond motifs is 3. The zero-order chi connectivity index (χ0) is 33.7. The molecule has 0 atom stereocenters. The molecular formula is C48H42Si2. The van der Waals surface area contributed by atoms with Gasteiger partial charge in [0.25, 0.3) is 0 Å². The average Bonchev–Trinajstić information content (AvgIpc) is 3.22. The Morgan fingerprint density at radius 2 is 0.460 bits per heavy atom. The van der Waals surface area contributed by atoms with E-state index in [1.807, 2.05) is 0 Å². The molecule has 3 fully saturated rings. The summed E-state index contributed by atoms with van der Waals surface area (Å²) in [5.74, 6) is 8.20. The van der Waals surface area contributed by atoms with E-state index in [1.54, 1.807) is 0 Å². The van der Waals surface area contributed by atoms with Gasteiger partial charge >= 0.3 is 0 Å². The van der Waals surface area contributed by atoms with Gasteiger partial charge in [-0.1, -0.05) is 182 Å². The van der Waals surface area contributed by atoms with E-state index < -0.39 is 16.1 Å². The molecule has 0 amide bonds. The van der Waals surface area contributed by atoms with Gasteiger partial charge in [0.1, 0.15) is 0 Å². The van der Waals surface area contributed by atoms with Gasteiger partial charge in [-0.3, -0.25) is 0 Å². The second-order valence-corrected chi connectivity index (χ2v) is 21.2. The second-order valence-electron chi connectivity index (χ2n) is 14.3. The van der Waals surface area contributed by atoms with Crippen LogP contribution in [0.1, 0.15) is 38.5 Å². The summed E-state index contributed by atoms with van der Waals surface area (Å²) in [4.78, 5) is 0. The fraction of sp³-hybridized carbons (Fsp3) is 0.167. The molecule has 0 radical (unpaired) electrons. The van der Waals surface area contributed by atoms with E-state index in [0.717, 1.165) is 38.5 Å². The summed E-state index contributed by atoms with van der Waals surface area (Å²) in [6, 6.07) is 66.6. The molecule has 0 spiro atoms. The molecule has 9 rings (SSSR count). The summed E-state index contributed by atoms with van der Waals surface area (Å²) in [6.45, 7) is 0. The molecule has 2 bridgehead atoms. The van der Waals surface area contributed by atoms with Gasteiger partial charge in [0.2, 0.25) is 16.1 Å².